The molecule has 3 amide bonds. The quantitative estimate of drug-likeness (QED) is 0.103. The van der Waals surface area contributed by atoms with Crippen molar-refractivity contribution in [2.75, 3.05) is 39.4 Å². The first-order valence-electron chi connectivity index (χ1n) is 20.1. The molecule has 294 valence electrons. The maximum atomic E-state index is 14.4. The Labute approximate surface area is 321 Å². The summed E-state index contributed by atoms with van der Waals surface area (Å²) in [6, 6.07) is 12.6. The van der Waals surface area contributed by atoms with Gasteiger partial charge in [0.1, 0.15) is 6.04 Å². The van der Waals surface area contributed by atoms with Gasteiger partial charge in [0.05, 0.1) is 43.3 Å². The van der Waals surface area contributed by atoms with E-state index in [0.29, 0.717) is 63.1 Å². The molecular formula is C43H62N6O5. The van der Waals surface area contributed by atoms with Crippen LogP contribution in [0.3, 0.4) is 0 Å². The van der Waals surface area contributed by atoms with Gasteiger partial charge in [-0.1, -0.05) is 94.5 Å². The minimum absolute atomic E-state index is 0.0317. The van der Waals surface area contributed by atoms with Crippen LogP contribution in [-0.2, 0) is 32.0 Å². The predicted octanol–water partition coefficient (Wildman–Crippen LogP) is 4.95. The molecule has 1 aliphatic carbocycles. The standard InChI is InChI=1S/C43H62N6O5/c1-4-32(30(2)3)25-40(50)38(23-31-11-6-5-7-12-31)47-43(53)39(27-36-28-44-29-46-36)48-42(52)35(24-34-15-10-14-33-13-8-9-16-37(33)34)26-41(51)45-17-18-49-19-21-54-22-20-49/h4,8-10,13-16,28-32,35,38-40,50H,1,5-7,11-12,17-27H2,2-3H3,(H,44,46)(H,45,51)(H,47,53)(H,48,52)/t32-,35?,38-,39?,40-/m0/s1. The molecule has 11 heteroatoms. The highest BCUT2D eigenvalue weighted by molar-refractivity contribution is 5.92. The van der Waals surface area contributed by atoms with Crippen molar-refractivity contribution in [3.8, 4) is 0 Å². The number of imidazole rings is 1. The highest BCUT2D eigenvalue weighted by atomic mass is 16.5. The van der Waals surface area contributed by atoms with E-state index < -0.39 is 24.1 Å². The van der Waals surface area contributed by atoms with Gasteiger partial charge in [0.15, 0.2) is 0 Å². The van der Waals surface area contributed by atoms with Crippen LogP contribution in [0.2, 0.25) is 0 Å². The van der Waals surface area contributed by atoms with Crippen LogP contribution in [0, 0.1) is 23.7 Å². The number of allylic oxidation sites excluding steroid dienone is 1. The molecule has 5 rings (SSSR count). The number of carbonyl (C=O) groups is 3. The molecule has 0 radical (unpaired) electrons. The molecule has 2 aromatic carbocycles. The van der Waals surface area contributed by atoms with Crippen molar-refractivity contribution < 1.29 is 24.2 Å². The molecule has 2 unspecified atom stereocenters. The molecule has 2 aliphatic rings. The first-order valence-corrected chi connectivity index (χ1v) is 20.1. The minimum atomic E-state index is -0.971. The number of benzene rings is 2. The summed E-state index contributed by atoms with van der Waals surface area (Å²) in [5.41, 5.74) is 1.58. The van der Waals surface area contributed by atoms with Crippen LogP contribution < -0.4 is 16.0 Å². The number of hydrogen-bond donors (Lipinski definition) is 5. The lowest BCUT2D eigenvalue weighted by Gasteiger charge is -2.33. The average molecular weight is 743 g/mol. The lowest BCUT2D eigenvalue weighted by molar-refractivity contribution is -0.134. The zero-order chi connectivity index (χ0) is 38.3. The van der Waals surface area contributed by atoms with Gasteiger partial charge in [-0.15, -0.1) is 6.58 Å². The Morgan fingerprint density at radius 1 is 1.02 bits per heavy atom. The zero-order valence-corrected chi connectivity index (χ0v) is 32.3. The molecule has 54 heavy (non-hydrogen) atoms. The molecular weight excluding hydrogens is 681 g/mol. The molecule has 5 atom stereocenters. The van der Waals surface area contributed by atoms with Gasteiger partial charge in [-0.3, -0.25) is 19.3 Å². The summed E-state index contributed by atoms with van der Waals surface area (Å²) in [5, 5.41) is 23.0. The van der Waals surface area contributed by atoms with Crippen molar-refractivity contribution in [2.45, 2.75) is 96.2 Å². The fourth-order valence-corrected chi connectivity index (χ4v) is 8.04. The number of hydrogen-bond acceptors (Lipinski definition) is 7. The van der Waals surface area contributed by atoms with Crippen LogP contribution in [0.15, 0.2) is 67.6 Å². The maximum absolute atomic E-state index is 14.4. The van der Waals surface area contributed by atoms with Gasteiger partial charge < -0.3 is 30.8 Å². The maximum Gasteiger partial charge on any atom is 0.243 e. The first-order chi connectivity index (χ1) is 26.2. The summed E-state index contributed by atoms with van der Waals surface area (Å²) >= 11 is 0. The van der Waals surface area contributed by atoms with Gasteiger partial charge in [-0.2, -0.15) is 0 Å². The van der Waals surface area contributed by atoms with Crippen LogP contribution in [-0.4, -0.2) is 95.3 Å². The normalized spacial score (nSPS) is 18.4. The fourth-order valence-electron chi connectivity index (χ4n) is 8.04. The number of morpholine rings is 1. The lowest BCUT2D eigenvalue weighted by atomic mass is 9.81. The third kappa shape index (κ3) is 12.5. The summed E-state index contributed by atoms with van der Waals surface area (Å²) in [6.07, 6.45) is 11.7. The largest absolute Gasteiger partial charge is 0.391 e. The van der Waals surface area contributed by atoms with E-state index in [0.717, 1.165) is 55.1 Å². The van der Waals surface area contributed by atoms with Crippen molar-refractivity contribution >= 4 is 28.5 Å². The Morgan fingerprint density at radius 2 is 1.78 bits per heavy atom. The Kier molecular flexibility index (Phi) is 16.1. The van der Waals surface area contributed by atoms with E-state index in [1.54, 1.807) is 12.5 Å². The Balaban J connectivity index is 1.35. The molecule has 2 fully saturated rings. The number of aliphatic hydroxyl groups excluding tert-OH is 1. The SMILES string of the molecule is C=C[C@@H](C[C@H](O)[C@H](CC1CCCCC1)NC(=O)C(Cc1c[nH]cn1)NC(=O)C(CC(=O)NCCN1CCOCC1)Cc1cccc2ccccc12)C(C)C. The van der Waals surface area contributed by atoms with Crippen molar-refractivity contribution in [2.24, 2.45) is 23.7 Å². The van der Waals surface area contributed by atoms with Crippen LogP contribution >= 0.6 is 0 Å². The van der Waals surface area contributed by atoms with Gasteiger partial charge in [-0.25, -0.2) is 4.98 Å². The van der Waals surface area contributed by atoms with Gasteiger partial charge in [-0.05, 0) is 53.4 Å². The number of amides is 3. The summed E-state index contributed by atoms with van der Waals surface area (Å²) in [7, 11) is 0. The number of fused-ring (bicyclic) bond motifs is 1. The number of ether oxygens (including phenoxy) is 1. The van der Waals surface area contributed by atoms with Crippen LogP contribution in [0.1, 0.15) is 76.5 Å². The Bertz CT molecular complexity index is 1610. The van der Waals surface area contributed by atoms with E-state index >= 15 is 0 Å². The van der Waals surface area contributed by atoms with E-state index in [1.165, 1.54) is 6.42 Å². The second-order valence-corrected chi connectivity index (χ2v) is 15.7. The Hall–Kier alpha value is -4.06. The molecule has 1 aromatic heterocycles. The number of H-pyrrole nitrogens is 1. The zero-order valence-electron chi connectivity index (χ0n) is 32.3. The monoisotopic (exact) mass is 742 g/mol. The molecule has 1 saturated heterocycles. The summed E-state index contributed by atoms with van der Waals surface area (Å²) in [6.45, 7) is 12.4. The van der Waals surface area contributed by atoms with E-state index in [9.17, 15) is 19.5 Å². The van der Waals surface area contributed by atoms with Crippen molar-refractivity contribution in [3.63, 3.8) is 0 Å². The first kappa shape index (κ1) is 41.1. The highest BCUT2D eigenvalue weighted by Crippen LogP contribution is 2.30. The van der Waals surface area contributed by atoms with Crippen LogP contribution in [0.25, 0.3) is 10.8 Å². The molecule has 0 spiro atoms. The van der Waals surface area contributed by atoms with E-state index in [2.05, 4.69) is 51.2 Å². The number of rotatable bonds is 20. The van der Waals surface area contributed by atoms with Crippen LogP contribution in [0.4, 0.5) is 0 Å². The molecule has 2 heterocycles. The minimum Gasteiger partial charge on any atom is -0.391 e. The second-order valence-electron chi connectivity index (χ2n) is 15.7. The average Bonchev–Trinajstić information content (AvgIpc) is 3.70. The van der Waals surface area contributed by atoms with Gasteiger partial charge in [0, 0.05) is 45.2 Å². The highest BCUT2D eigenvalue weighted by Gasteiger charge is 2.33. The van der Waals surface area contributed by atoms with Gasteiger partial charge in [0.25, 0.3) is 0 Å². The molecule has 3 aromatic rings. The van der Waals surface area contributed by atoms with Gasteiger partial charge in [0.2, 0.25) is 17.7 Å². The third-order valence-electron chi connectivity index (χ3n) is 11.4. The predicted molar refractivity (Wildman–Crippen MR) is 213 cm³/mol. The van der Waals surface area contributed by atoms with Gasteiger partial charge >= 0.3 is 0 Å². The molecule has 11 nitrogen and oxygen atoms in total. The van der Waals surface area contributed by atoms with Crippen molar-refractivity contribution in [3.05, 3.63) is 78.9 Å². The number of aromatic nitrogens is 2. The molecule has 1 aliphatic heterocycles. The smallest absolute Gasteiger partial charge is 0.243 e. The third-order valence-corrected chi connectivity index (χ3v) is 11.4. The molecule has 1 saturated carbocycles. The van der Waals surface area contributed by atoms with E-state index in [4.69, 9.17) is 4.74 Å². The second kappa shape index (κ2) is 21.1. The van der Waals surface area contributed by atoms with Crippen molar-refractivity contribution in [1.82, 2.24) is 30.8 Å². The number of nitrogens with one attached hydrogen (secondary N) is 4. The molecule has 0 bridgehead atoms. The van der Waals surface area contributed by atoms with E-state index in [-0.39, 0.29) is 36.5 Å². The van der Waals surface area contributed by atoms with Crippen LogP contribution in [0.5, 0.6) is 0 Å². The number of aliphatic hydroxyl groups is 1. The topological polar surface area (TPSA) is 149 Å². The number of carbonyl (C=O) groups excluding carboxylic acids is 3. The Morgan fingerprint density at radius 3 is 2.50 bits per heavy atom. The molecule has 5 N–H and O–H groups in total. The number of nitrogens with zero attached hydrogens (tertiary/aromatic N) is 2. The summed E-state index contributed by atoms with van der Waals surface area (Å²) in [4.78, 5) is 51.7. The summed E-state index contributed by atoms with van der Waals surface area (Å²) in [5.74, 6) is -0.898. The van der Waals surface area contributed by atoms with E-state index in [1.807, 2.05) is 48.5 Å². The lowest BCUT2D eigenvalue weighted by Crippen LogP contribution is -2.55. The van der Waals surface area contributed by atoms with Crippen molar-refractivity contribution in [1.29, 1.82) is 0 Å². The number of aromatic amines is 1. The summed E-state index contributed by atoms with van der Waals surface area (Å²) < 4.78 is 5.45. The fraction of sp³-hybridized carbons (Fsp3) is 0.581.